The van der Waals surface area contributed by atoms with Crippen molar-refractivity contribution >= 4 is 34.8 Å². The molecule has 3 rings (SSSR count). The van der Waals surface area contributed by atoms with Gasteiger partial charge in [0.15, 0.2) is 0 Å². The number of rotatable bonds is 6. The van der Waals surface area contributed by atoms with E-state index in [4.69, 9.17) is 32.7 Å². The largest absolute Gasteiger partial charge is 0.496 e. The summed E-state index contributed by atoms with van der Waals surface area (Å²) in [7, 11) is 1.58. The van der Waals surface area contributed by atoms with E-state index >= 15 is 0 Å². The highest BCUT2D eigenvalue weighted by Crippen LogP contribution is 2.30. The van der Waals surface area contributed by atoms with Gasteiger partial charge in [-0.25, -0.2) is 0 Å². The minimum Gasteiger partial charge on any atom is -0.496 e. The number of benzene rings is 3. The number of ether oxygens (including phenoxy) is 2. The van der Waals surface area contributed by atoms with E-state index in [2.05, 4.69) is 5.32 Å². The Hall–Kier alpha value is -2.69. The number of para-hydroxylation sites is 1. The average Bonchev–Trinajstić information content (AvgIpc) is 2.70. The highest BCUT2D eigenvalue weighted by Gasteiger charge is 2.13. The van der Waals surface area contributed by atoms with Crippen LogP contribution in [-0.2, 0) is 6.61 Å². The summed E-state index contributed by atoms with van der Waals surface area (Å²) in [5.74, 6) is 1.08. The first-order valence-electron chi connectivity index (χ1n) is 8.18. The van der Waals surface area contributed by atoms with Crippen LogP contribution in [0.5, 0.6) is 11.5 Å². The maximum Gasteiger partial charge on any atom is 0.255 e. The highest BCUT2D eigenvalue weighted by molar-refractivity contribution is 6.44. The second-order valence-electron chi connectivity index (χ2n) is 5.68. The van der Waals surface area contributed by atoms with Gasteiger partial charge in [-0.2, -0.15) is 0 Å². The van der Waals surface area contributed by atoms with Gasteiger partial charge < -0.3 is 14.8 Å². The number of methoxy groups -OCH3 is 1. The maximum atomic E-state index is 12.6. The molecular weight excluding hydrogens is 385 g/mol. The van der Waals surface area contributed by atoms with E-state index in [1.165, 1.54) is 0 Å². The van der Waals surface area contributed by atoms with Crippen LogP contribution in [0.25, 0.3) is 0 Å². The number of anilines is 1. The Morgan fingerprint density at radius 3 is 2.52 bits per heavy atom. The van der Waals surface area contributed by atoms with Crippen molar-refractivity contribution in [2.75, 3.05) is 12.4 Å². The number of carbonyl (C=O) groups excluding carboxylic acids is 1. The lowest BCUT2D eigenvalue weighted by Crippen LogP contribution is -2.13. The summed E-state index contributed by atoms with van der Waals surface area (Å²) in [6, 6.07) is 19.6. The lowest BCUT2D eigenvalue weighted by atomic mass is 10.1. The van der Waals surface area contributed by atoms with Crippen molar-refractivity contribution in [3.05, 3.63) is 87.9 Å². The Balaban J connectivity index is 1.79. The molecule has 0 radical (unpaired) electrons. The molecule has 3 aromatic carbocycles. The van der Waals surface area contributed by atoms with Crippen molar-refractivity contribution in [2.45, 2.75) is 6.61 Å². The molecule has 0 aliphatic carbocycles. The minimum atomic E-state index is -0.303. The Morgan fingerprint density at radius 2 is 1.78 bits per heavy atom. The third-order valence-corrected chi connectivity index (χ3v) is 4.70. The molecule has 0 aliphatic heterocycles. The molecule has 27 heavy (non-hydrogen) atoms. The normalized spacial score (nSPS) is 10.3. The van der Waals surface area contributed by atoms with Crippen LogP contribution >= 0.6 is 23.2 Å². The summed E-state index contributed by atoms with van der Waals surface area (Å²) in [6.45, 7) is 0.270. The molecular formula is C21H17Cl2NO3. The van der Waals surface area contributed by atoms with Crippen LogP contribution < -0.4 is 14.8 Å². The van der Waals surface area contributed by atoms with E-state index in [0.29, 0.717) is 27.0 Å². The molecule has 0 atom stereocenters. The molecule has 0 saturated carbocycles. The fourth-order valence-corrected chi connectivity index (χ4v) is 2.85. The summed E-state index contributed by atoms with van der Waals surface area (Å²) in [6.07, 6.45) is 0. The number of halogens is 2. The van der Waals surface area contributed by atoms with Gasteiger partial charge in [0.2, 0.25) is 0 Å². The molecule has 4 nitrogen and oxygen atoms in total. The van der Waals surface area contributed by atoms with Crippen LogP contribution in [0.3, 0.4) is 0 Å². The Bertz CT molecular complexity index is 945. The fourth-order valence-electron chi connectivity index (χ4n) is 2.51. The third kappa shape index (κ3) is 4.73. The number of hydrogen-bond acceptors (Lipinski definition) is 3. The first kappa shape index (κ1) is 19.1. The summed E-state index contributed by atoms with van der Waals surface area (Å²) in [4.78, 5) is 12.6. The standard InChI is InChI=1S/C21H17Cl2NO3/c1-26-19-11-10-14(12-15(19)13-27-16-6-3-2-4-7-16)21(25)24-18-9-5-8-17(22)20(18)23/h2-12H,13H2,1H3,(H,24,25). The minimum absolute atomic E-state index is 0.270. The van der Waals surface area contributed by atoms with Gasteiger partial charge in [-0.1, -0.05) is 47.5 Å². The van der Waals surface area contributed by atoms with E-state index in [9.17, 15) is 4.79 Å². The molecule has 0 saturated heterocycles. The van der Waals surface area contributed by atoms with E-state index in [-0.39, 0.29) is 12.5 Å². The predicted octanol–water partition coefficient (Wildman–Crippen LogP) is 5.83. The van der Waals surface area contributed by atoms with Crippen LogP contribution in [0, 0.1) is 0 Å². The second-order valence-corrected chi connectivity index (χ2v) is 6.47. The predicted molar refractivity (Wildman–Crippen MR) is 108 cm³/mol. The first-order chi connectivity index (χ1) is 13.1. The molecule has 0 fully saturated rings. The van der Waals surface area contributed by atoms with Gasteiger partial charge in [0.1, 0.15) is 18.1 Å². The molecule has 1 N–H and O–H groups in total. The molecule has 3 aromatic rings. The third-order valence-electron chi connectivity index (χ3n) is 3.88. The van der Waals surface area contributed by atoms with Crippen molar-refractivity contribution in [3.63, 3.8) is 0 Å². The van der Waals surface area contributed by atoms with Crippen molar-refractivity contribution < 1.29 is 14.3 Å². The smallest absolute Gasteiger partial charge is 0.255 e. The highest BCUT2D eigenvalue weighted by atomic mass is 35.5. The summed E-state index contributed by atoms with van der Waals surface area (Å²) >= 11 is 12.1. The van der Waals surface area contributed by atoms with Crippen LogP contribution in [0.1, 0.15) is 15.9 Å². The monoisotopic (exact) mass is 401 g/mol. The zero-order valence-corrected chi connectivity index (χ0v) is 16.1. The Labute approximate surface area is 167 Å². The number of hydrogen-bond donors (Lipinski definition) is 1. The molecule has 0 aromatic heterocycles. The molecule has 0 bridgehead atoms. The van der Waals surface area contributed by atoms with Gasteiger partial charge in [0.05, 0.1) is 22.8 Å². The van der Waals surface area contributed by atoms with Gasteiger partial charge in [0.25, 0.3) is 5.91 Å². The van der Waals surface area contributed by atoms with Crippen molar-refractivity contribution in [3.8, 4) is 11.5 Å². The second kappa shape index (κ2) is 8.80. The molecule has 0 heterocycles. The van der Waals surface area contributed by atoms with E-state index < -0.39 is 0 Å². The molecule has 1 amide bonds. The van der Waals surface area contributed by atoms with Crippen molar-refractivity contribution in [2.24, 2.45) is 0 Å². The molecule has 138 valence electrons. The Morgan fingerprint density at radius 1 is 1.00 bits per heavy atom. The van der Waals surface area contributed by atoms with Crippen molar-refractivity contribution in [1.82, 2.24) is 0 Å². The van der Waals surface area contributed by atoms with Gasteiger partial charge >= 0.3 is 0 Å². The van der Waals surface area contributed by atoms with Gasteiger partial charge in [-0.05, 0) is 42.5 Å². The molecule has 0 aliphatic rings. The van der Waals surface area contributed by atoms with Gasteiger partial charge in [0, 0.05) is 11.1 Å². The number of nitrogens with one attached hydrogen (secondary N) is 1. The van der Waals surface area contributed by atoms with Crippen LogP contribution in [-0.4, -0.2) is 13.0 Å². The maximum absolute atomic E-state index is 12.6. The lowest BCUT2D eigenvalue weighted by molar-refractivity contribution is 0.102. The van der Waals surface area contributed by atoms with Crippen LogP contribution in [0.15, 0.2) is 66.7 Å². The van der Waals surface area contributed by atoms with Crippen molar-refractivity contribution in [1.29, 1.82) is 0 Å². The topological polar surface area (TPSA) is 47.6 Å². The van der Waals surface area contributed by atoms with Crippen LogP contribution in [0.4, 0.5) is 5.69 Å². The zero-order chi connectivity index (χ0) is 19.2. The summed E-state index contributed by atoms with van der Waals surface area (Å²) in [5, 5.41) is 3.44. The SMILES string of the molecule is COc1ccc(C(=O)Nc2cccc(Cl)c2Cl)cc1COc1ccccc1. The van der Waals surface area contributed by atoms with Crippen LogP contribution in [0.2, 0.25) is 10.0 Å². The van der Waals surface area contributed by atoms with E-state index in [1.54, 1.807) is 43.5 Å². The molecule has 0 unspecified atom stereocenters. The molecule has 0 spiro atoms. The zero-order valence-electron chi connectivity index (χ0n) is 14.5. The fraction of sp³-hybridized carbons (Fsp3) is 0.0952. The lowest BCUT2D eigenvalue weighted by Gasteiger charge is -2.13. The van der Waals surface area contributed by atoms with E-state index in [0.717, 1.165) is 11.3 Å². The molecule has 6 heteroatoms. The Kier molecular flexibility index (Phi) is 6.22. The first-order valence-corrected chi connectivity index (χ1v) is 8.94. The summed E-state index contributed by atoms with van der Waals surface area (Å²) in [5.41, 5.74) is 1.66. The summed E-state index contributed by atoms with van der Waals surface area (Å²) < 4.78 is 11.1. The van der Waals surface area contributed by atoms with E-state index in [1.807, 2.05) is 30.3 Å². The quantitative estimate of drug-likeness (QED) is 0.564. The number of carbonyl (C=O) groups is 1. The van der Waals surface area contributed by atoms with Gasteiger partial charge in [-0.3, -0.25) is 4.79 Å². The van der Waals surface area contributed by atoms with Gasteiger partial charge in [-0.15, -0.1) is 0 Å². The average molecular weight is 402 g/mol. The number of amides is 1.